The predicted molar refractivity (Wildman–Crippen MR) is 80.3 cm³/mol. The summed E-state index contributed by atoms with van der Waals surface area (Å²) in [5.41, 5.74) is 0.587. The number of hydrogen-bond acceptors (Lipinski definition) is 4. The molecule has 0 aliphatic heterocycles. The molecule has 1 fully saturated rings. The van der Waals surface area contributed by atoms with Gasteiger partial charge < -0.3 is 21.1 Å². The van der Waals surface area contributed by atoms with E-state index in [4.69, 9.17) is 5.11 Å². The summed E-state index contributed by atoms with van der Waals surface area (Å²) in [5.74, 6) is -2.02. The number of amides is 3. The van der Waals surface area contributed by atoms with Crippen LogP contribution in [-0.2, 0) is 9.59 Å². The lowest BCUT2D eigenvalue weighted by atomic mass is 10.1. The fraction of sp³-hybridized carbons (Fsp3) is 0.400. The molecule has 7 nitrogen and oxygen atoms in total. The molecule has 2 rings (SSSR count). The number of para-hydroxylation sites is 1. The summed E-state index contributed by atoms with van der Waals surface area (Å²) in [6.07, 6.45) is 1.18. The molecule has 1 aliphatic carbocycles. The van der Waals surface area contributed by atoms with Crippen molar-refractivity contribution in [2.45, 2.75) is 31.9 Å². The second-order valence-corrected chi connectivity index (χ2v) is 5.31. The minimum Gasteiger partial charge on any atom is -0.392 e. The molecule has 1 aromatic carbocycles. The molecule has 118 valence electrons. The highest BCUT2D eigenvalue weighted by atomic mass is 16.3. The first kappa shape index (κ1) is 16.0. The van der Waals surface area contributed by atoms with Gasteiger partial charge in [0.2, 0.25) is 0 Å². The van der Waals surface area contributed by atoms with Crippen LogP contribution in [0.4, 0.5) is 5.69 Å². The molecule has 1 aromatic rings. The zero-order chi connectivity index (χ0) is 16.1. The van der Waals surface area contributed by atoms with Crippen LogP contribution >= 0.6 is 0 Å². The standard InChI is InChI=1S/C15H19N3O4/c1-9(19)8-16-14(21)15(22)18-12-5-3-2-4-11(12)13(20)17-10-6-7-10/h2-5,9-10,19H,6-8H2,1H3,(H,16,21)(H,17,20)(H,18,22)/t9-/m1/s1. The van der Waals surface area contributed by atoms with Crippen LogP contribution in [-0.4, -0.2) is 41.5 Å². The van der Waals surface area contributed by atoms with Crippen molar-refractivity contribution in [1.29, 1.82) is 0 Å². The summed E-state index contributed by atoms with van der Waals surface area (Å²) in [6.45, 7) is 1.48. The number of hydrogen-bond donors (Lipinski definition) is 4. The van der Waals surface area contributed by atoms with Crippen molar-refractivity contribution < 1.29 is 19.5 Å². The maximum absolute atomic E-state index is 12.1. The van der Waals surface area contributed by atoms with Gasteiger partial charge in [-0.25, -0.2) is 0 Å². The summed E-state index contributed by atoms with van der Waals surface area (Å²) < 4.78 is 0. The molecule has 0 saturated heterocycles. The molecule has 0 aromatic heterocycles. The summed E-state index contributed by atoms with van der Waals surface area (Å²) in [6, 6.07) is 6.69. The molecule has 0 bridgehead atoms. The average Bonchev–Trinajstić information content (AvgIpc) is 3.29. The smallest absolute Gasteiger partial charge is 0.313 e. The van der Waals surface area contributed by atoms with Crippen LogP contribution in [0.3, 0.4) is 0 Å². The highest BCUT2D eigenvalue weighted by molar-refractivity contribution is 6.40. The normalized spacial score (nSPS) is 14.8. The van der Waals surface area contributed by atoms with Gasteiger partial charge in [0.25, 0.3) is 5.91 Å². The van der Waals surface area contributed by atoms with Crippen molar-refractivity contribution >= 4 is 23.4 Å². The molecule has 1 saturated carbocycles. The second-order valence-electron chi connectivity index (χ2n) is 5.31. The largest absolute Gasteiger partial charge is 0.392 e. The van der Waals surface area contributed by atoms with Gasteiger partial charge in [0, 0.05) is 12.6 Å². The van der Waals surface area contributed by atoms with E-state index in [0.717, 1.165) is 12.8 Å². The van der Waals surface area contributed by atoms with Crippen molar-refractivity contribution in [1.82, 2.24) is 10.6 Å². The third kappa shape index (κ3) is 4.56. The molecule has 1 aliphatic rings. The van der Waals surface area contributed by atoms with Crippen molar-refractivity contribution in [2.24, 2.45) is 0 Å². The number of carbonyl (C=O) groups excluding carboxylic acids is 3. The van der Waals surface area contributed by atoms with Crippen LogP contribution in [0.5, 0.6) is 0 Å². The quantitative estimate of drug-likeness (QED) is 0.575. The molecule has 22 heavy (non-hydrogen) atoms. The van der Waals surface area contributed by atoms with Gasteiger partial charge in [-0.1, -0.05) is 12.1 Å². The summed E-state index contributed by atoms with van der Waals surface area (Å²) in [4.78, 5) is 35.5. The van der Waals surface area contributed by atoms with Crippen LogP contribution in [0.1, 0.15) is 30.1 Å². The number of aliphatic hydroxyl groups is 1. The molecule has 0 radical (unpaired) electrons. The van der Waals surface area contributed by atoms with E-state index in [9.17, 15) is 14.4 Å². The van der Waals surface area contributed by atoms with Gasteiger partial charge >= 0.3 is 11.8 Å². The lowest BCUT2D eigenvalue weighted by molar-refractivity contribution is -0.136. The van der Waals surface area contributed by atoms with Gasteiger partial charge in [-0.15, -0.1) is 0 Å². The summed E-state index contributed by atoms with van der Waals surface area (Å²) in [5, 5.41) is 16.6. The second kappa shape index (κ2) is 7.04. The number of anilines is 1. The number of rotatable bonds is 5. The monoisotopic (exact) mass is 305 g/mol. The highest BCUT2D eigenvalue weighted by Crippen LogP contribution is 2.21. The maximum atomic E-state index is 12.1. The third-order valence-electron chi connectivity index (χ3n) is 3.10. The molecule has 0 heterocycles. The Bertz CT molecular complexity index is 582. The zero-order valence-corrected chi connectivity index (χ0v) is 12.3. The molecular formula is C15H19N3O4. The van der Waals surface area contributed by atoms with Gasteiger partial charge in [-0.05, 0) is 31.9 Å². The van der Waals surface area contributed by atoms with Crippen LogP contribution in [0.2, 0.25) is 0 Å². The SMILES string of the molecule is C[C@@H](O)CNC(=O)C(=O)Nc1ccccc1C(=O)NC1CC1. The fourth-order valence-electron chi connectivity index (χ4n) is 1.78. The minimum absolute atomic E-state index is 0.0178. The van der Waals surface area contributed by atoms with E-state index in [-0.39, 0.29) is 24.2 Å². The van der Waals surface area contributed by atoms with Gasteiger partial charge in [0.05, 0.1) is 17.4 Å². The van der Waals surface area contributed by atoms with E-state index < -0.39 is 17.9 Å². The predicted octanol–water partition coefficient (Wildman–Crippen LogP) is 0.0143. The van der Waals surface area contributed by atoms with Crippen molar-refractivity contribution in [3.8, 4) is 0 Å². The third-order valence-corrected chi connectivity index (χ3v) is 3.10. The molecule has 0 unspecified atom stereocenters. The fourth-order valence-corrected chi connectivity index (χ4v) is 1.78. The average molecular weight is 305 g/mol. The van der Waals surface area contributed by atoms with Crippen molar-refractivity contribution in [3.63, 3.8) is 0 Å². The van der Waals surface area contributed by atoms with E-state index in [0.29, 0.717) is 5.56 Å². The number of benzene rings is 1. The summed E-state index contributed by atoms with van der Waals surface area (Å²) >= 11 is 0. The van der Waals surface area contributed by atoms with Crippen LogP contribution in [0.15, 0.2) is 24.3 Å². The lowest BCUT2D eigenvalue weighted by Gasteiger charge is -2.11. The van der Waals surface area contributed by atoms with Gasteiger partial charge in [-0.3, -0.25) is 14.4 Å². The Morgan fingerprint density at radius 1 is 1.23 bits per heavy atom. The van der Waals surface area contributed by atoms with Crippen LogP contribution < -0.4 is 16.0 Å². The Labute approximate surface area is 128 Å². The minimum atomic E-state index is -0.882. The first-order valence-electron chi connectivity index (χ1n) is 7.14. The summed E-state index contributed by atoms with van der Waals surface area (Å²) in [7, 11) is 0. The van der Waals surface area contributed by atoms with E-state index in [1.807, 2.05) is 0 Å². The van der Waals surface area contributed by atoms with E-state index in [2.05, 4.69) is 16.0 Å². The molecule has 4 N–H and O–H groups in total. The Balaban J connectivity index is 2.00. The zero-order valence-electron chi connectivity index (χ0n) is 12.3. The Hall–Kier alpha value is -2.41. The topological polar surface area (TPSA) is 108 Å². The van der Waals surface area contributed by atoms with Crippen molar-refractivity contribution in [2.75, 3.05) is 11.9 Å². The number of carbonyl (C=O) groups is 3. The van der Waals surface area contributed by atoms with Crippen molar-refractivity contribution in [3.05, 3.63) is 29.8 Å². The number of aliphatic hydroxyl groups excluding tert-OH is 1. The molecular weight excluding hydrogens is 286 g/mol. The van der Waals surface area contributed by atoms with Gasteiger partial charge in [0.15, 0.2) is 0 Å². The Morgan fingerprint density at radius 2 is 1.91 bits per heavy atom. The van der Waals surface area contributed by atoms with E-state index in [1.165, 1.54) is 6.92 Å². The first-order chi connectivity index (χ1) is 10.5. The first-order valence-corrected chi connectivity index (χ1v) is 7.14. The van der Waals surface area contributed by atoms with Gasteiger partial charge in [-0.2, -0.15) is 0 Å². The molecule has 7 heteroatoms. The molecule has 0 spiro atoms. The van der Waals surface area contributed by atoms with Crippen LogP contribution in [0.25, 0.3) is 0 Å². The van der Waals surface area contributed by atoms with Gasteiger partial charge in [0.1, 0.15) is 0 Å². The Kier molecular flexibility index (Phi) is 5.11. The van der Waals surface area contributed by atoms with E-state index >= 15 is 0 Å². The Morgan fingerprint density at radius 3 is 2.55 bits per heavy atom. The number of nitrogens with one attached hydrogen (secondary N) is 3. The maximum Gasteiger partial charge on any atom is 0.313 e. The molecule has 3 amide bonds. The molecule has 1 atom stereocenters. The van der Waals surface area contributed by atoms with Crippen LogP contribution in [0, 0.1) is 0 Å². The van der Waals surface area contributed by atoms with E-state index in [1.54, 1.807) is 24.3 Å². The lowest BCUT2D eigenvalue weighted by Crippen LogP contribution is -2.39. The highest BCUT2D eigenvalue weighted by Gasteiger charge is 2.25.